The summed E-state index contributed by atoms with van der Waals surface area (Å²) in [6.45, 7) is 9.43. The zero-order valence-corrected chi connectivity index (χ0v) is 25.3. The molecule has 6 rings (SSSR count). The number of benzene rings is 2. The smallest absolute Gasteiger partial charge is 0.252 e. The zero-order chi connectivity index (χ0) is 30.9. The van der Waals surface area contributed by atoms with Crippen molar-refractivity contribution in [3.8, 4) is 16.9 Å². The molecule has 2 aromatic rings. The van der Waals surface area contributed by atoms with Crippen LogP contribution in [0.4, 0.5) is 0 Å². The highest BCUT2D eigenvalue weighted by Crippen LogP contribution is 2.53. The summed E-state index contributed by atoms with van der Waals surface area (Å²) in [5.41, 5.74) is 10.0. The van der Waals surface area contributed by atoms with Gasteiger partial charge in [-0.1, -0.05) is 30.8 Å². The predicted octanol–water partition coefficient (Wildman–Crippen LogP) is 5.03. The Morgan fingerprint density at radius 1 is 1.07 bits per heavy atom. The first-order valence-corrected chi connectivity index (χ1v) is 15.2. The number of amides is 1. The van der Waals surface area contributed by atoms with Crippen LogP contribution in [-0.4, -0.2) is 69.0 Å². The van der Waals surface area contributed by atoms with Crippen molar-refractivity contribution in [2.75, 3.05) is 14.1 Å². The number of hydrogen-bond donors (Lipinski definition) is 4. The van der Waals surface area contributed by atoms with Crippen molar-refractivity contribution in [3.05, 3.63) is 87.9 Å². The molecular formula is C35H41N3O5. The molecule has 3 aliphatic carbocycles. The van der Waals surface area contributed by atoms with Gasteiger partial charge in [-0.3, -0.25) is 19.4 Å². The van der Waals surface area contributed by atoms with E-state index in [-0.39, 0.29) is 51.4 Å². The Kier molecular flexibility index (Phi) is 7.26. The maximum absolute atomic E-state index is 14.1. The van der Waals surface area contributed by atoms with Crippen molar-refractivity contribution < 1.29 is 24.9 Å². The average Bonchev–Trinajstić information content (AvgIpc) is 3.24. The summed E-state index contributed by atoms with van der Waals surface area (Å²) in [5, 5.41) is 33.8. The number of fused-ring (bicyclic) bond motifs is 3. The number of primary amides is 1. The molecule has 1 heterocycles. The number of aliphatic hydroxyl groups excluding tert-OH is 2. The van der Waals surface area contributed by atoms with Gasteiger partial charge >= 0.3 is 0 Å². The number of phenolic OH excluding ortho intramolecular Hbond substituents is 1. The molecule has 1 amide bonds. The second-order valence-electron chi connectivity index (χ2n) is 13.1. The molecule has 43 heavy (non-hydrogen) atoms. The summed E-state index contributed by atoms with van der Waals surface area (Å²) in [7, 11) is 3.60. The van der Waals surface area contributed by atoms with Crippen molar-refractivity contribution in [3.63, 3.8) is 0 Å². The van der Waals surface area contributed by atoms with Gasteiger partial charge in [0.2, 0.25) is 0 Å². The highest BCUT2D eigenvalue weighted by Gasteiger charge is 2.52. The van der Waals surface area contributed by atoms with Crippen LogP contribution in [0.1, 0.15) is 54.6 Å². The molecule has 1 aliphatic heterocycles. The first-order valence-electron chi connectivity index (χ1n) is 15.2. The van der Waals surface area contributed by atoms with E-state index in [0.717, 1.165) is 23.2 Å². The van der Waals surface area contributed by atoms with E-state index in [4.69, 9.17) is 5.73 Å². The van der Waals surface area contributed by atoms with Crippen LogP contribution in [0.2, 0.25) is 0 Å². The molecule has 0 radical (unpaired) electrons. The van der Waals surface area contributed by atoms with E-state index in [1.807, 2.05) is 23.1 Å². The van der Waals surface area contributed by atoms with Gasteiger partial charge < -0.3 is 21.1 Å². The number of hydrogen-bond acceptors (Lipinski definition) is 7. The van der Waals surface area contributed by atoms with Crippen LogP contribution in [-0.2, 0) is 17.8 Å². The molecule has 0 spiro atoms. The number of aromatic hydroxyl groups is 1. The van der Waals surface area contributed by atoms with Crippen molar-refractivity contribution >= 4 is 11.7 Å². The predicted molar refractivity (Wildman–Crippen MR) is 165 cm³/mol. The molecule has 3 unspecified atom stereocenters. The van der Waals surface area contributed by atoms with Crippen LogP contribution in [0, 0.1) is 17.8 Å². The van der Waals surface area contributed by atoms with E-state index in [2.05, 4.69) is 37.5 Å². The average molecular weight is 584 g/mol. The molecule has 1 saturated heterocycles. The number of rotatable bonds is 5. The maximum Gasteiger partial charge on any atom is 0.252 e. The fourth-order valence-electron chi connectivity index (χ4n) is 8.33. The fourth-order valence-corrected chi connectivity index (χ4v) is 8.33. The molecule has 6 atom stereocenters. The van der Waals surface area contributed by atoms with Gasteiger partial charge in [0.25, 0.3) is 5.91 Å². The number of likely N-dealkylation sites (tertiary alicyclic amines) is 1. The molecule has 4 aliphatic rings. The summed E-state index contributed by atoms with van der Waals surface area (Å²) in [4.78, 5) is 30.8. The van der Waals surface area contributed by atoms with E-state index in [1.165, 1.54) is 18.4 Å². The summed E-state index contributed by atoms with van der Waals surface area (Å²) in [6.07, 6.45) is 3.31. The quantitative estimate of drug-likeness (QED) is 0.389. The number of aliphatic hydroxyl groups is 2. The van der Waals surface area contributed by atoms with Gasteiger partial charge in [0.15, 0.2) is 5.78 Å². The molecule has 2 aromatic carbocycles. The summed E-state index contributed by atoms with van der Waals surface area (Å²) < 4.78 is 0. The van der Waals surface area contributed by atoms with Crippen molar-refractivity contribution in [2.45, 2.75) is 64.2 Å². The molecule has 0 bridgehead atoms. The third-order valence-electron chi connectivity index (χ3n) is 10.4. The lowest BCUT2D eigenvalue weighted by molar-refractivity contribution is -0.114. The van der Waals surface area contributed by atoms with Crippen LogP contribution < -0.4 is 5.73 Å². The van der Waals surface area contributed by atoms with Crippen LogP contribution in [0.3, 0.4) is 0 Å². The lowest BCUT2D eigenvalue weighted by atomic mass is 9.60. The topological polar surface area (TPSA) is 127 Å². The monoisotopic (exact) mass is 583 g/mol. The minimum atomic E-state index is -0.828. The minimum absolute atomic E-state index is 0.100. The van der Waals surface area contributed by atoms with Gasteiger partial charge in [-0.05, 0) is 105 Å². The zero-order valence-electron chi connectivity index (χ0n) is 25.3. The summed E-state index contributed by atoms with van der Waals surface area (Å²) in [6, 6.07) is 12.3. The minimum Gasteiger partial charge on any atom is -0.511 e. The Bertz CT molecular complexity index is 1590. The Morgan fingerprint density at radius 2 is 1.77 bits per heavy atom. The van der Waals surface area contributed by atoms with Crippen LogP contribution in [0.15, 0.2) is 71.2 Å². The van der Waals surface area contributed by atoms with E-state index in [0.29, 0.717) is 24.9 Å². The largest absolute Gasteiger partial charge is 0.511 e. The number of ketones is 1. The number of Topliss-reactive ketones (excluding diaryl/α,β-unsaturated/α-hetero) is 1. The number of nitrogens with two attached hydrogens (primary N) is 1. The highest BCUT2D eigenvalue weighted by molar-refractivity contribution is 6.14. The summed E-state index contributed by atoms with van der Waals surface area (Å²) >= 11 is 0. The second-order valence-corrected chi connectivity index (χ2v) is 13.1. The van der Waals surface area contributed by atoms with Crippen LogP contribution >= 0.6 is 0 Å². The standard InChI is InChI=1S/C35H41N3O5/c1-17-9-10-18(2)38(17)16-20-7-6-8-21(13-20)23-11-12-26(39)30-24(23)14-22-15-25-27(32(40)29(22)33(30)41)19(3)28(35(36)43)34(42)31(25)37(4)5/h6-8,11-13,17-18,22,25,27,31,39-40,42H,3,9-10,14-16H2,1-2,4-5H3,(H2,36,43)/t17-,18-,22?,25?,27?,31+/m1/s1. The normalized spacial score (nSPS) is 29.1. The Labute approximate surface area is 252 Å². The molecule has 0 aromatic heterocycles. The van der Waals surface area contributed by atoms with E-state index in [9.17, 15) is 24.9 Å². The Hall–Kier alpha value is -3.88. The van der Waals surface area contributed by atoms with Crippen LogP contribution in [0.5, 0.6) is 5.75 Å². The van der Waals surface area contributed by atoms with Gasteiger partial charge in [-0.15, -0.1) is 0 Å². The van der Waals surface area contributed by atoms with Crippen molar-refractivity contribution in [2.24, 2.45) is 23.5 Å². The van der Waals surface area contributed by atoms with Gasteiger partial charge in [-0.2, -0.15) is 0 Å². The van der Waals surface area contributed by atoms with Crippen LogP contribution in [0.25, 0.3) is 11.1 Å². The lowest BCUT2D eigenvalue weighted by Crippen LogP contribution is -2.50. The molecule has 5 N–H and O–H groups in total. The molecular weight excluding hydrogens is 542 g/mol. The number of nitrogens with zero attached hydrogens (tertiary/aromatic N) is 2. The third-order valence-corrected chi connectivity index (χ3v) is 10.4. The lowest BCUT2D eigenvalue weighted by Gasteiger charge is -2.47. The van der Waals surface area contributed by atoms with Crippen molar-refractivity contribution in [1.82, 2.24) is 9.80 Å². The SMILES string of the molecule is C=C1C(C(N)=O)=C(O)[C@@H](N(C)C)C2CC3Cc4c(-c5cccc(CN6[C@H](C)CC[C@H]6C)c5)ccc(O)c4C(=O)C3=C(O)C12. The second kappa shape index (κ2) is 10.7. The summed E-state index contributed by atoms with van der Waals surface area (Å²) in [5.74, 6) is -3.08. The fraction of sp³-hybridized carbons (Fsp3) is 0.429. The number of allylic oxidation sites excluding steroid dienone is 2. The number of carbonyl (C=O) groups is 2. The van der Waals surface area contributed by atoms with E-state index >= 15 is 0 Å². The van der Waals surface area contributed by atoms with Gasteiger partial charge in [0.05, 0.1) is 17.2 Å². The Balaban J connectivity index is 1.42. The molecule has 226 valence electrons. The molecule has 1 fully saturated rings. The third kappa shape index (κ3) is 4.59. The van der Waals surface area contributed by atoms with Gasteiger partial charge in [0.1, 0.15) is 17.3 Å². The maximum atomic E-state index is 14.1. The van der Waals surface area contributed by atoms with Crippen molar-refractivity contribution in [1.29, 1.82) is 0 Å². The first kappa shape index (κ1) is 29.2. The molecule has 8 nitrogen and oxygen atoms in total. The van der Waals surface area contributed by atoms with E-state index in [1.54, 1.807) is 20.2 Å². The number of phenols is 1. The Morgan fingerprint density at radius 3 is 2.42 bits per heavy atom. The number of carbonyl (C=O) groups excluding carboxylic acids is 2. The first-order chi connectivity index (χ1) is 20.4. The van der Waals surface area contributed by atoms with Gasteiger partial charge in [-0.25, -0.2) is 0 Å². The number of likely N-dealkylation sites (N-methyl/N-ethyl adjacent to an activating group) is 1. The van der Waals surface area contributed by atoms with E-state index < -0.39 is 23.7 Å². The highest BCUT2D eigenvalue weighted by atomic mass is 16.3. The molecule has 8 heteroatoms. The van der Waals surface area contributed by atoms with Gasteiger partial charge in [0, 0.05) is 30.1 Å². The molecule has 0 saturated carbocycles.